The van der Waals surface area contributed by atoms with E-state index in [0.29, 0.717) is 35.1 Å². The van der Waals surface area contributed by atoms with E-state index >= 15 is 0 Å². The third-order valence-electron chi connectivity index (χ3n) is 5.12. The summed E-state index contributed by atoms with van der Waals surface area (Å²) in [5, 5.41) is 3.83. The first-order valence-corrected chi connectivity index (χ1v) is 11.3. The quantitative estimate of drug-likeness (QED) is 0.460. The second-order valence-corrected chi connectivity index (χ2v) is 8.13. The molecule has 168 valence electrons. The Morgan fingerprint density at radius 1 is 1.06 bits per heavy atom. The van der Waals surface area contributed by atoms with E-state index in [1.54, 1.807) is 30.2 Å². The van der Waals surface area contributed by atoms with Crippen LogP contribution in [-0.4, -0.2) is 36.4 Å². The molecule has 1 unspecified atom stereocenters. The number of rotatable bonds is 11. The Bertz CT molecular complexity index is 851. The van der Waals surface area contributed by atoms with Crippen LogP contribution in [0.2, 0.25) is 10.0 Å². The Labute approximate surface area is 194 Å². The van der Waals surface area contributed by atoms with Gasteiger partial charge in [-0.3, -0.25) is 9.59 Å². The largest absolute Gasteiger partial charge is 0.497 e. The molecule has 0 aliphatic rings. The van der Waals surface area contributed by atoms with E-state index in [1.807, 2.05) is 31.2 Å². The van der Waals surface area contributed by atoms with Crippen LogP contribution in [0.25, 0.3) is 0 Å². The maximum absolute atomic E-state index is 13.4. The highest BCUT2D eigenvalue weighted by Gasteiger charge is 2.29. The van der Waals surface area contributed by atoms with Crippen LogP contribution in [0.15, 0.2) is 42.5 Å². The molecule has 2 rings (SSSR count). The van der Waals surface area contributed by atoms with Gasteiger partial charge in [-0.25, -0.2) is 0 Å². The number of nitrogens with zero attached hydrogens (tertiary/aromatic N) is 1. The lowest BCUT2D eigenvalue weighted by Gasteiger charge is -2.31. The number of methoxy groups -OCH3 is 1. The van der Waals surface area contributed by atoms with Crippen LogP contribution in [-0.2, 0) is 22.6 Å². The number of hydrogen-bond acceptors (Lipinski definition) is 3. The molecule has 2 aromatic rings. The van der Waals surface area contributed by atoms with Crippen molar-refractivity contribution in [1.82, 2.24) is 10.2 Å². The van der Waals surface area contributed by atoms with Gasteiger partial charge in [-0.1, -0.05) is 61.7 Å². The van der Waals surface area contributed by atoms with Crippen molar-refractivity contribution in [3.63, 3.8) is 0 Å². The van der Waals surface area contributed by atoms with Crippen LogP contribution in [0.5, 0.6) is 5.75 Å². The molecular formula is C24H30Cl2N2O3. The Kier molecular flexibility index (Phi) is 10.2. The Hall–Kier alpha value is -2.24. The van der Waals surface area contributed by atoms with E-state index in [0.717, 1.165) is 24.2 Å². The summed E-state index contributed by atoms with van der Waals surface area (Å²) in [6.45, 7) is 4.86. The molecule has 7 heteroatoms. The minimum atomic E-state index is -0.590. The van der Waals surface area contributed by atoms with Gasteiger partial charge in [-0.2, -0.15) is 0 Å². The summed E-state index contributed by atoms with van der Waals surface area (Å²) in [6, 6.07) is 12.0. The average Bonchev–Trinajstić information content (AvgIpc) is 2.76. The number of carbonyl (C=O) groups excluding carboxylic acids is 2. The van der Waals surface area contributed by atoms with E-state index in [1.165, 1.54) is 0 Å². The summed E-state index contributed by atoms with van der Waals surface area (Å²) in [4.78, 5) is 27.9. The predicted octanol–water partition coefficient (Wildman–Crippen LogP) is 5.27. The number of ether oxygens (including phenoxy) is 1. The minimum Gasteiger partial charge on any atom is -0.497 e. The van der Waals surface area contributed by atoms with Crippen LogP contribution < -0.4 is 10.1 Å². The normalized spacial score (nSPS) is 11.6. The average molecular weight is 465 g/mol. The van der Waals surface area contributed by atoms with Gasteiger partial charge < -0.3 is 15.0 Å². The first-order chi connectivity index (χ1) is 14.9. The van der Waals surface area contributed by atoms with Crippen molar-refractivity contribution in [2.45, 2.75) is 52.1 Å². The van der Waals surface area contributed by atoms with Crippen molar-refractivity contribution >= 4 is 35.0 Å². The van der Waals surface area contributed by atoms with Gasteiger partial charge >= 0.3 is 0 Å². The fourth-order valence-corrected chi connectivity index (χ4v) is 3.84. The van der Waals surface area contributed by atoms with Crippen molar-refractivity contribution in [2.75, 3.05) is 13.7 Å². The summed E-state index contributed by atoms with van der Waals surface area (Å²) in [5.41, 5.74) is 1.47. The molecule has 5 nitrogen and oxygen atoms in total. The molecule has 0 bridgehead atoms. The number of amides is 2. The zero-order valence-electron chi connectivity index (χ0n) is 18.3. The van der Waals surface area contributed by atoms with Gasteiger partial charge in [0.1, 0.15) is 11.8 Å². The molecule has 31 heavy (non-hydrogen) atoms. The predicted molar refractivity (Wildman–Crippen MR) is 126 cm³/mol. The number of nitrogens with one attached hydrogen (secondary N) is 1. The Balaban J connectivity index is 2.30. The van der Waals surface area contributed by atoms with Crippen molar-refractivity contribution < 1.29 is 14.3 Å². The zero-order valence-corrected chi connectivity index (χ0v) is 19.8. The van der Waals surface area contributed by atoms with Crippen LogP contribution in [0, 0.1) is 0 Å². The highest BCUT2D eigenvalue weighted by molar-refractivity contribution is 6.36. The van der Waals surface area contributed by atoms with E-state index < -0.39 is 6.04 Å². The highest BCUT2D eigenvalue weighted by Crippen LogP contribution is 2.26. The number of halogens is 2. The first kappa shape index (κ1) is 25.0. The molecule has 1 atom stereocenters. The minimum absolute atomic E-state index is 0.0212. The van der Waals surface area contributed by atoms with Crippen molar-refractivity contribution in [1.29, 1.82) is 0 Å². The topological polar surface area (TPSA) is 58.6 Å². The van der Waals surface area contributed by atoms with Crippen LogP contribution in [0.4, 0.5) is 0 Å². The molecule has 0 saturated carbocycles. The summed E-state index contributed by atoms with van der Waals surface area (Å²) in [6.07, 6.45) is 2.39. The van der Waals surface area contributed by atoms with E-state index in [2.05, 4.69) is 12.2 Å². The molecule has 0 aliphatic heterocycles. The molecular weight excluding hydrogens is 435 g/mol. The fourth-order valence-electron chi connectivity index (χ4n) is 3.31. The Morgan fingerprint density at radius 3 is 2.26 bits per heavy atom. The second kappa shape index (κ2) is 12.6. The molecule has 0 fully saturated rings. The Morgan fingerprint density at radius 2 is 1.71 bits per heavy atom. The lowest BCUT2D eigenvalue weighted by atomic mass is 10.1. The number of hydrogen-bond donors (Lipinski definition) is 1. The maximum Gasteiger partial charge on any atom is 0.242 e. The lowest BCUT2D eigenvalue weighted by Crippen LogP contribution is -2.49. The highest BCUT2D eigenvalue weighted by atomic mass is 35.5. The summed E-state index contributed by atoms with van der Waals surface area (Å²) < 4.78 is 5.21. The standard InChI is InChI=1S/C24H30Cl2N2O3/c1-4-6-14-27-24(30)22(5-2)28(16-17-10-12-18(31-3)13-11-17)23(29)15-19-20(25)8-7-9-21(19)26/h7-13,22H,4-6,14-16H2,1-3H3,(H,27,30). The summed E-state index contributed by atoms with van der Waals surface area (Å²) in [5.74, 6) is 0.375. The maximum atomic E-state index is 13.4. The SMILES string of the molecule is CCCCNC(=O)C(CC)N(Cc1ccc(OC)cc1)C(=O)Cc1c(Cl)cccc1Cl. The smallest absolute Gasteiger partial charge is 0.242 e. The van der Waals surface area contributed by atoms with E-state index in [9.17, 15) is 9.59 Å². The van der Waals surface area contributed by atoms with E-state index in [-0.39, 0.29) is 18.2 Å². The molecule has 0 radical (unpaired) electrons. The number of carbonyl (C=O) groups is 2. The second-order valence-electron chi connectivity index (χ2n) is 7.32. The van der Waals surface area contributed by atoms with Gasteiger partial charge in [0.2, 0.25) is 11.8 Å². The van der Waals surface area contributed by atoms with Gasteiger partial charge in [-0.15, -0.1) is 0 Å². The fraction of sp³-hybridized carbons (Fsp3) is 0.417. The van der Waals surface area contributed by atoms with Crippen molar-refractivity contribution in [3.05, 3.63) is 63.6 Å². The first-order valence-electron chi connectivity index (χ1n) is 10.5. The van der Waals surface area contributed by atoms with Crippen molar-refractivity contribution in [2.24, 2.45) is 0 Å². The van der Waals surface area contributed by atoms with E-state index in [4.69, 9.17) is 27.9 Å². The number of benzene rings is 2. The summed E-state index contributed by atoms with van der Waals surface area (Å²) in [7, 11) is 1.60. The molecule has 0 saturated heterocycles. The van der Waals surface area contributed by atoms with Crippen molar-refractivity contribution in [3.8, 4) is 5.75 Å². The third-order valence-corrected chi connectivity index (χ3v) is 5.83. The number of unbranched alkanes of at least 4 members (excludes halogenated alkanes) is 1. The molecule has 2 aromatic carbocycles. The van der Waals surface area contributed by atoms with Gasteiger partial charge in [0, 0.05) is 23.1 Å². The molecule has 0 aliphatic carbocycles. The van der Waals surface area contributed by atoms with Gasteiger partial charge in [-0.05, 0) is 48.2 Å². The van der Waals surface area contributed by atoms with Crippen LogP contribution in [0.1, 0.15) is 44.2 Å². The molecule has 0 spiro atoms. The molecule has 2 amide bonds. The van der Waals surface area contributed by atoms with Crippen LogP contribution >= 0.6 is 23.2 Å². The monoisotopic (exact) mass is 464 g/mol. The van der Waals surface area contributed by atoms with Gasteiger partial charge in [0.05, 0.1) is 13.5 Å². The third kappa shape index (κ3) is 7.15. The van der Waals surface area contributed by atoms with Gasteiger partial charge in [0.25, 0.3) is 0 Å². The lowest BCUT2D eigenvalue weighted by molar-refractivity contribution is -0.140. The molecule has 0 heterocycles. The molecule has 1 N–H and O–H groups in total. The van der Waals surface area contributed by atoms with Gasteiger partial charge in [0.15, 0.2) is 0 Å². The van der Waals surface area contributed by atoms with Crippen LogP contribution in [0.3, 0.4) is 0 Å². The molecule has 0 aromatic heterocycles. The zero-order chi connectivity index (χ0) is 22.8. The summed E-state index contributed by atoms with van der Waals surface area (Å²) >= 11 is 12.6.